The van der Waals surface area contributed by atoms with Crippen LogP contribution in [0, 0.1) is 23.7 Å². The quantitative estimate of drug-likeness (QED) is 0.668. The van der Waals surface area contributed by atoms with Crippen molar-refractivity contribution in [2.24, 2.45) is 33.7 Å². The second-order valence-electron chi connectivity index (χ2n) is 9.33. The van der Waals surface area contributed by atoms with Crippen LogP contribution in [0.15, 0.2) is 70.5 Å². The first-order chi connectivity index (χ1) is 15.2. The fraction of sp³-hybridized carbons (Fsp3) is 0.462. The number of rotatable bonds is 0. The van der Waals surface area contributed by atoms with Crippen LogP contribution in [0.2, 0.25) is 0 Å². The summed E-state index contributed by atoms with van der Waals surface area (Å²) < 4.78 is 6.11. The Kier molecular flexibility index (Phi) is 5.77. The van der Waals surface area contributed by atoms with E-state index < -0.39 is 0 Å². The highest BCUT2D eigenvalue weighted by Gasteiger charge is 2.37. The predicted molar refractivity (Wildman–Crippen MR) is 129 cm³/mol. The van der Waals surface area contributed by atoms with Crippen LogP contribution in [-0.2, 0) is 0 Å². The lowest BCUT2D eigenvalue weighted by Gasteiger charge is -2.30. The van der Waals surface area contributed by atoms with Gasteiger partial charge in [0.2, 0.25) is 5.96 Å². The smallest absolute Gasteiger partial charge is 0.227 e. The number of guanidine groups is 1. The molecule has 6 bridgehead atoms. The van der Waals surface area contributed by atoms with Gasteiger partial charge in [0.25, 0.3) is 0 Å². The summed E-state index contributed by atoms with van der Waals surface area (Å²) in [4.78, 5) is 12.0. The lowest BCUT2D eigenvalue weighted by Crippen LogP contribution is -2.35. The first kappa shape index (κ1) is 20.3. The van der Waals surface area contributed by atoms with E-state index in [4.69, 9.17) is 9.73 Å². The largest absolute Gasteiger partial charge is 0.494 e. The molecule has 164 valence electrons. The molecule has 1 saturated carbocycles. The second-order valence-corrected chi connectivity index (χ2v) is 9.33. The number of hydrogen-bond acceptors (Lipinski definition) is 5. The van der Waals surface area contributed by atoms with Crippen molar-refractivity contribution in [2.45, 2.75) is 26.2 Å². The maximum Gasteiger partial charge on any atom is 0.227 e. The molecular weight excluding hydrogens is 384 g/mol. The molecular formula is C26H34N4O. The molecule has 5 rings (SSSR count). The van der Waals surface area contributed by atoms with E-state index in [2.05, 4.69) is 71.7 Å². The lowest BCUT2D eigenvalue weighted by molar-refractivity contribution is 0.251. The number of allylic oxidation sites excluding steroid dienone is 4. The Hall–Kier alpha value is -2.66. The number of hydrogen-bond donors (Lipinski definition) is 1. The molecule has 4 aliphatic rings. The molecule has 2 aliphatic heterocycles. The molecule has 31 heavy (non-hydrogen) atoms. The van der Waals surface area contributed by atoms with Gasteiger partial charge in [0, 0.05) is 44.3 Å². The molecule has 0 saturated heterocycles. The van der Waals surface area contributed by atoms with Crippen LogP contribution in [0.4, 0.5) is 0 Å². The zero-order valence-electron chi connectivity index (χ0n) is 18.5. The van der Waals surface area contributed by atoms with E-state index in [9.17, 15) is 0 Å². The van der Waals surface area contributed by atoms with Crippen molar-refractivity contribution in [3.63, 3.8) is 0 Å². The van der Waals surface area contributed by atoms with Gasteiger partial charge >= 0.3 is 0 Å². The van der Waals surface area contributed by atoms with Crippen LogP contribution in [-0.4, -0.2) is 43.3 Å². The Labute approximate surface area is 186 Å². The second kappa shape index (κ2) is 8.83. The van der Waals surface area contributed by atoms with Gasteiger partial charge in [-0.2, -0.15) is 0 Å². The van der Waals surface area contributed by atoms with Crippen LogP contribution in [0.3, 0.4) is 0 Å². The van der Waals surface area contributed by atoms with Crippen molar-refractivity contribution >= 4 is 11.7 Å². The molecule has 0 amide bonds. The van der Waals surface area contributed by atoms with E-state index in [0.717, 1.165) is 54.9 Å². The van der Waals surface area contributed by atoms with E-state index in [1.165, 1.54) is 18.7 Å². The fourth-order valence-corrected chi connectivity index (χ4v) is 4.90. The maximum absolute atomic E-state index is 6.11. The van der Waals surface area contributed by atoms with Crippen LogP contribution in [0.25, 0.3) is 0 Å². The van der Waals surface area contributed by atoms with Crippen molar-refractivity contribution < 1.29 is 6.16 Å². The highest BCUT2D eigenvalue weighted by Crippen LogP contribution is 2.42. The van der Waals surface area contributed by atoms with Gasteiger partial charge < -0.3 is 15.0 Å². The molecule has 4 unspecified atom stereocenters. The van der Waals surface area contributed by atoms with Crippen molar-refractivity contribution in [3.8, 4) is 5.75 Å². The molecule has 2 heterocycles. The summed E-state index contributed by atoms with van der Waals surface area (Å²) in [5, 5.41) is 3.52. The van der Waals surface area contributed by atoms with Crippen LogP contribution in [0.1, 0.15) is 33.2 Å². The number of fused-ring (bicyclic) bond motifs is 7. The van der Waals surface area contributed by atoms with Gasteiger partial charge in [-0.05, 0) is 55.9 Å². The van der Waals surface area contributed by atoms with Crippen molar-refractivity contribution in [2.75, 3.05) is 26.7 Å². The summed E-state index contributed by atoms with van der Waals surface area (Å²) in [5.41, 5.74) is 3.28. The van der Waals surface area contributed by atoms with Gasteiger partial charge in [-0.15, -0.1) is 0 Å². The zero-order chi connectivity index (χ0) is 21.2. The monoisotopic (exact) mass is 418 g/mol. The number of nitrogens with one attached hydrogen (secondary N) is 1. The Morgan fingerprint density at radius 3 is 3.10 bits per heavy atom. The Balaban J connectivity index is 0.00000245. The van der Waals surface area contributed by atoms with E-state index in [1.807, 2.05) is 12.3 Å². The van der Waals surface area contributed by atoms with E-state index in [-0.39, 0.29) is 1.43 Å². The first-order valence-corrected chi connectivity index (χ1v) is 11.5. The number of nitrogens with zero attached hydrogens (tertiary/aromatic N) is 3. The van der Waals surface area contributed by atoms with Crippen molar-refractivity contribution in [1.82, 2.24) is 10.2 Å². The third-order valence-electron chi connectivity index (χ3n) is 6.94. The molecule has 0 spiro atoms. The summed E-state index contributed by atoms with van der Waals surface area (Å²) >= 11 is 0. The average Bonchev–Trinajstić information content (AvgIpc) is 3.53. The topological polar surface area (TPSA) is 49.2 Å². The van der Waals surface area contributed by atoms with E-state index in [1.54, 1.807) is 0 Å². The molecule has 2 aliphatic carbocycles. The number of ether oxygens (including phenoxy) is 1. The van der Waals surface area contributed by atoms with Crippen LogP contribution >= 0.6 is 0 Å². The van der Waals surface area contributed by atoms with E-state index >= 15 is 0 Å². The molecule has 5 heteroatoms. The lowest BCUT2D eigenvalue weighted by atomic mass is 9.86. The summed E-state index contributed by atoms with van der Waals surface area (Å²) in [6.07, 6.45) is 13.8. The summed E-state index contributed by atoms with van der Waals surface area (Å²) in [5.74, 6) is 4.07. The van der Waals surface area contributed by atoms with Gasteiger partial charge in [0.15, 0.2) is 0 Å². The minimum atomic E-state index is 0. The maximum atomic E-state index is 6.11. The van der Waals surface area contributed by atoms with Gasteiger partial charge in [0.1, 0.15) is 5.75 Å². The van der Waals surface area contributed by atoms with Gasteiger partial charge in [-0.1, -0.05) is 37.3 Å². The Bertz CT molecular complexity index is 980. The molecule has 0 aromatic heterocycles. The normalized spacial score (nSPS) is 30.8. The molecule has 0 radical (unpaired) electrons. The van der Waals surface area contributed by atoms with Crippen molar-refractivity contribution in [1.29, 1.82) is 0 Å². The zero-order valence-corrected chi connectivity index (χ0v) is 18.5. The number of aliphatic imine (C=N–C) groups is 2. The first-order valence-electron chi connectivity index (χ1n) is 11.5. The van der Waals surface area contributed by atoms with Crippen LogP contribution in [0.5, 0.6) is 5.75 Å². The molecule has 1 fully saturated rings. The summed E-state index contributed by atoms with van der Waals surface area (Å²) in [6.45, 7) is 5.33. The molecule has 1 N–H and O–H groups in total. The standard InChI is InChI=1S/C26H32N4O.H2/c1-18-21-7-4-9-24(18)28-26-27-12-5-10-25(29-26)20-6-3-8-23(15-20)31-13-11-19-14-22(19)17-30(2)16-21;/h3-9,12,15,18-19,21-22H,10-11,13-14,16-17H2,1-2H3,(H,27,28);1H. The van der Waals surface area contributed by atoms with Crippen molar-refractivity contribution in [3.05, 3.63) is 66.0 Å². The predicted octanol–water partition coefficient (Wildman–Crippen LogP) is 4.64. The molecule has 1 aromatic carbocycles. The fourth-order valence-electron chi connectivity index (χ4n) is 4.90. The molecule has 1 aromatic rings. The van der Waals surface area contributed by atoms with Crippen LogP contribution < -0.4 is 10.1 Å². The summed E-state index contributed by atoms with van der Waals surface area (Å²) in [7, 11) is 2.26. The summed E-state index contributed by atoms with van der Waals surface area (Å²) in [6, 6.07) is 8.31. The molecule has 4 atom stereocenters. The van der Waals surface area contributed by atoms with E-state index in [0.29, 0.717) is 17.8 Å². The molecule has 5 nitrogen and oxygen atoms in total. The highest BCUT2D eigenvalue weighted by molar-refractivity contribution is 6.08. The SMILES string of the molecule is CC1C2=CC=CC1CN(C)CC1CC1CCOc1cccc(c1)C1=NC(=NC=CC1)N2.[HH]. The third kappa shape index (κ3) is 4.82. The number of benzene rings is 1. The minimum absolute atomic E-state index is 0. The Morgan fingerprint density at radius 2 is 2.16 bits per heavy atom. The third-order valence-corrected chi connectivity index (χ3v) is 6.94. The van der Waals surface area contributed by atoms with Gasteiger partial charge in [-0.3, -0.25) is 0 Å². The minimum Gasteiger partial charge on any atom is -0.494 e. The highest BCUT2D eigenvalue weighted by atomic mass is 16.5. The van der Waals surface area contributed by atoms with Gasteiger partial charge in [0.05, 0.1) is 12.3 Å². The average molecular weight is 419 g/mol. The van der Waals surface area contributed by atoms with Gasteiger partial charge in [-0.25, -0.2) is 9.98 Å². The Morgan fingerprint density at radius 1 is 1.23 bits per heavy atom.